The lowest BCUT2D eigenvalue weighted by Gasteiger charge is -2.14. The SMILES string of the molecule is COC(=O)c1cnc(N=[N+]=[N-])c(Cl)c1Nc1ccc(Br)c(Cl)c1. The lowest BCUT2D eigenvalue weighted by molar-refractivity contribution is 0.0601. The number of nitrogens with zero attached hydrogens (tertiary/aromatic N) is 4. The van der Waals surface area contributed by atoms with Crippen molar-refractivity contribution in [1.29, 1.82) is 0 Å². The van der Waals surface area contributed by atoms with Crippen molar-refractivity contribution in [3.05, 3.63) is 54.9 Å². The molecule has 10 heteroatoms. The van der Waals surface area contributed by atoms with Gasteiger partial charge in [-0.15, -0.1) is 0 Å². The van der Waals surface area contributed by atoms with E-state index in [2.05, 4.69) is 36.3 Å². The summed E-state index contributed by atoms with van der Waals surface area (Å²) in [6.45, 7) is 0. The highest BCUT2D eigenvalue weighted by atomic mass is 79.9. The van der Waals surface area contributed by atoms with Gasteiger partial charge in [-0.1, -0.05) is 23.2 Å². The van der Waals surface area contributed by atoms with E-state index in [1.54, 1.807) is 18.2 Å². The Labute approximate surface area is 149 Å². The van der Waals surface area contributed by atoms with Crippen molar-refractivity contribution in [3.63, 3.8) is 0 Å². The highest BCUT2D eigenvalue weighted by Gasteiger charge is 2.19. The first-order valence-electron chi connectivity index (χ1n) is 6.02. The van der Waals surface area contributed by atoms with Crippen LogP contribution in [0.4, 0.5) is 17.2 Å². The Bertz CT molecular complexity index is 824. The fourth-order valence-corrected chi connectivity index (χ4v) is 2.36. The molecule has 1 heterocycles. The predicted molar refractivity (Wildman–Crippen MR) is 91.8 cm³/mol. The molecule has 0 aliphatic rings. The first-order valence-corrected chi connectivity index (χ1v) is 7.56. The number of rotatable bonds is 4. The summed E-state index contributed by atoms with van der Waals surface area (Å²) < 4.78 is 5.41. The van der Waals surface area contributed by atoms with Crippen LogP contribution in [-0.4, -0.2) is 18.1 Å². The molecule has 0 amide bonds. The van der Waals surface area contributed by atoms with Gasteiger partial charge in [-0.3, -0.25) is 4.98 Å². The normalized spacial score (nSPS) is 9.91. The number of halogens is 3. The second-order valence-electron chi connectivity index (χ2n) is 4.12. The summed E-state index contributed by atoms with van der Waals surface area (Å²) in [6, 6.07) is 5.09. The minimum atomic E-state index is -0.641. The maximum Gasteiger partial charge on any atom is 0.341 e. The smallest absolute Gasteiger partial charge is 0.341 e. The van der Waals surface area contributed by atoms with E-state index in [9.17, 15) is 4.79 Å². The molecule has 0 aliphatic heterocycles. The quantitative estimate of drug-likeness (QED) is 0.302. The number of hydrogen-bond acceptors (Lipinski definition) is 5. The Balaban J connectivity index is 2.56. The highest BCUT2D eigenvalue weighted by Crippen LogP contribution is 2.36. The predicted octanol–water partition coefficient (Wildman–Crippen LogP) is 5.62. The van der Waals surface area contributed by atoms with Crippen LogP contribution in [0, 0.1) is 0 Å². The fourth-order valence-electron chi connectivity index (χ4n) is 1.69. The summed E-state index contributed by atoms with van der Waals surface area (Å²) in [5.41, 5.74) is 9.41. The first kappa shape index (κ1) is 17.4. The van der Waals surface area contributed by atoms with Crippen LogP contribution in [-0.2, 0) is 4.74 Å². The molecule has 1 aromatic carbocycles. The van der Waals surface area contributed by atoms with Gasteiger partial charge in [0.15, 0.2) is 0 Å². The molecule has 0 aliphatic carbocycles. The van der Waals surface area contributed by atoms with Gasteiger partial charge in [0.1, 0.15) is 11.4 Å². The number of carbonyl (C=O) groups is 1. The largest absolute Gasteiger partial charge is 0.465 e. The molecule has 0 unspecified atom stereocenters. The van der Waals surface area contributed by atoms with Gasteiger partial charge in [-0.25, -0.2) is 4.79 Å². The van der Waals surface area contributed by atoms with Crippen molar-refractivity contribution in [2.45, 2.75) is 0 Å². The van der Waals surface area contributed by atoms with Gasteiger partial charge in [0.05, 0.1) is 22.8 Å². The van der Waals surface area contributed by atoms with E-state index in [1.165, 1.54) is 13.3 Å². The van der Waals surface area contributed by atoms with Gasteiger partial charge in [0.25, 0.3) is 0 Å². The number of anilines is 2. The third-order valence-electron chi connectivity index (χ3n) is 2.73. The molecular formula is C13H8BrCl2N5O2. The van der Waals surface area contributed by atoms with Crippen molar-refractivity contribution in [3.8, 4) is 0 Å². The van der Waals surface area contributed by atoms with E-state index >= 15 is 0 Å². The fraction of sp³-hybridized carbons (Fsp3) is 0.0769. The van der Waals surface area contributed by atoms with E-state index in [0.717, 1.165) is 0 Å². The zero-order valence-corrected chi connectivity index (χ0v) is 14.6. The average Bonchev–Trinajstić information content (AvgIpc) is 2.54. The number of benzene rings is 1. The van der Waals surface area contributed by atoms with Crippen molar-refractivity contribution in [2.24, 2.45) is 5.11 Å². The molecule has 0 bridgehead atoms. The van der Waals surface area contributed by atoms with E-state index in [1.807, 2.05) is 0 Å². The van der Waals surface area contributed by atoms with Crippen molar-refractivity contribution in [2.75, 3.05) is 12.4 Å². The van der Waals surface area contributed by atoms with Gasteiger partial charge in [-0.2, -0.15) is 0 Å². The van der Waals surface area contributed by atoms with Crippen LogP contribution < -0.4 is 5.32 Å². The number of aromatic nitrogens is 1. The molecular weight excluding hydrogens is 409 g/mol. The van der Waals surface area contributed by atoms with E-state index < -0.39 is 5.97 Å². The zero-order valence-electron chi connectivity index (χ0n) is 11.5. The van der Waals surface area contributed by atoms with Crippen LogP contribution >= 0.6 is 39.1 Å². The Kier molecular flexibility index (Phi) is 5.68. The van der Waals surface area contributed by atoms with Crippen LogP contribution in [0.1, 0.15) is 10.4 Å². The van der Waals surface area contributed by atoms with E-state index in [4.69, 9.17) is 33.5 Å². The molecule has 0 atom stereocenters. The molecule has 23 heavy (non-hydrogen) atoms. The highest BCUT2D eigenvalue weighted by molar-refractivity contribution is 9.10. The van der Waals surface area contributed by atoms with Crippen molar-refractivity contribution in [1.82, 2.24) is 4.98 Å². The van der Waals surface area contributed by atoms with Gasteiger partial charge in [0, 0.05) is 21.3 Å². The summed E-state index contributed by atoms with van der Waals surface area (Å²) >= 11 is 15.5. The van der Waals surface area contributed by atoms with Gasteiger partial charge >= 0.3 is 5.97 Å². The molecule has 0 radical (unpaired) electrons. The molecule has 7 nitrogen and oxygen atoms in total. The van der Waals surface area contributed by atoms with Crippen molar-refractivity contribution < 1.29 is 9.53 Å². The molecule has 2 aromatic rings. The molecule has 0 fully saturated rings. The topological polar surface area (TPSA) is 100.0 Å². The number of nitrogens with one attached hydrogen (secondary N) is 1. The lowest BCUT2D eigenvalue weighted by Crippen LogP contribution is -2.07. The number of pyridine rings is 1. The Morgan fingerprint density at radius 3 is 2.83 bits per heavy atom. The van der Waals surface area contributed by atoms with Crippen LogP contribution in [0.2, 0.25) is 10.0 Å². The van der Waals surface area contributed by atoms with Crippen LogP contribution in [0.15, 0.2) is 34.0 Å². The molecule has 0 spiro atoms. The van der Waals surface area contributed by atoms with E-state index in [0.29, 0.717) is 15.2 Å². The maximum absolute atomic E-state index is 11.9. The zero-order chi connectivity index (χ0) is 17.0. The average molecular weight is 417 g/mol. The number of hydrogen-bond donors (Lipinski definition) is 1. The van der Waals surface area contributed by atoms with Crippen LogP contribution in [0.25, 0.3) is 10.4 Å². The minimum Gasteiger partial charge on any atom is -0.465 e. The Hall–Kier alpha value is -1.99. The molecule has 1 aromatic heterocycles. The second kappa shape index (κ2) is 7.52. The molecule has 1 N–H and O–H groups in total. The molecule has 0 saturated carbocycles. The number of esters is 1. The number of methoxy groups -OCH3 is 1. The third-order valence-corrected chi connectivity index (χ3v) is 4.33. The van der Waals surface area contributed by atoms with E-state index in [-0.39, 0.29) is 22.1 Å². The first-order chi connectivity index (χ1) is 11.0. The molecule has 2 rings (SSSR count). The Morgan fingerprint density at radius 2 is 2.22 bits per heavy atom. The van der Waals surface area contributed by atoms with Gasteiger partial charge < -0.3 is 10.1 Å². The summed E-state index contributed by atoms with van der Waals surface area (Å²) in [5, 5.41) is 6.80. The second-order valence-corrected chi connectivity index (χ2v) is 5.76. The Morgan fingerprint density at radius 1 is 1.48 bits per heavy atom. The monoisotopic (exact) mass is 415 g/mol. The van der Waals surface area contributed by atoms with Gasteiger partial charge in [-0.05, 0) is 44.8 Å². The summed E-state index contributed by atoms with van der Waals surface area (Å²) in [6.07, 6.45) is 1.21. The standard InChI is InChI=1S/C13H8BrCl2N5O2/c1-23-13(22)7-5-18-12(20-21-17)10(16)11(7)19-6-2-3-8(14)9(15)4-6/h2-5H,1H3,(H,18,19). The van der Waals surface area contributed by atoms with Crippen LogP contribution in [0.5, 0.6) is 0 Å². The maximum atomic E-state index is 11.9. The number of azide groups is 1. The number of ether oxygens (including phenoxy) is 1. The molecule has 118 valence electrons. The van der Waals surface area contributed by atoms with Crippen molar-refractivity contribution >= 4 is 62.3 Å². The summed E-state index contributed by atoms with van der Waals surface area (Å²) in [5.74, 6) is -0.704. The van der Waals surface area contributed by atoms with Gasteiger partial charge in [0.2, 0.25) is 0 Å². The summed E-state index contributed by atoms with van der Waals surface area (Å²) in [4.78, 5) is 18.4. The van der Waals surface area contributed by atoms with Crippen LogP contribution in [0.3, 0.4) is 0 Å². The molecule has 0 saturated heterocycles. The number of carbonyl (C=O) groups excluding carboxylic acids is 1. The summed E-state index contributed by atoms with van der Waals surface area (Å²) in [7, 11) is 1.23. The third kappa shape index (κ3) is 3.86. The lowest BCUT2D eigenvalue weighted by atomic mass is 10.2. The minimum absolute atomic E-state index is 0.00950.